The number of ether oxygens (including phenoxy) is 1. The first-order chi connectivity index (χ1) is 11.2. The summed E-state index contributed by atoms with van der Waals surface area (Å²) in [6.45, 7) is 0. The SMILES string of the molecule is Nc1ccc(Oc2ccccc2C(=O)Nc2ccccc2)cc1. The molecule has 0 aliphatic heterocycles. The molecular formula is C19H16N2O2. The van der Waals surface area contributed by atoms with Gasteiger partial charge in [-0.05, 0) is 48.5 Å². The topological polar surface area (TPSA) is 64.3 Å². The number of nitrogens with one attached hydrogen (secondary N) is 1. The van der Waals surface area contributed by atoms with E-state index in [2.05, 4.69) is 5.32 Å². The summed E-state index contributed by atoms with van der Waals surface area (Å²) in [5.74, 6) is 0.895. The van der Waals surface area contributed by atoms with Crippen molar-refractivity contribution in [2.45, 2.75) is 0 Å². The van der Waals surface area contributed by atoms with Crippen molar-refractivity contribution < 1.29 is 9.53 Å². The predicted octanol–water partition coefficient (Wildman–Crippen LogP) is 4.31. The Bertz CT molecular complexity index is 799. The van der Waals surface area contributed by atoms with Gasteiger partial charge in [0.1, 0.15) is 11.5 Å². The van der Waals surface area contributed by atoms with E-state index in [1.54, 1.807) is 42.5 Å². The molecule has 1 amide bonds. The molecule has 0 aliphatic rings. The Hall–Kier alpha value is -3.27. The molecule has 0 atom stereocenters. The van der Waals surface area contributed by atoms with Gasteiger partial charge in [0, 0.05) is 11.4 Å². The molecule has 0 bridgehead atoms. The largest absolute Gasteiger partial charge is 0.457 e. The highest BCUT2D eigenvalue weighted by atomic mass is 16.5. The molecule has 0 saturated heterocycles. The minimum Gasteiger partial charge on any atom is -0.457 e. The van der Waals surface area contributed by atoms with E-state index in [0.717, 1.165) is 5.69 Å². The second-order valence-corrected chi connectivity index (χ2v) is 4.99. The van der Waals surface area contributed by atoms with Gasteiger partial charge in [0.15, 0.2) is 0 Å². The van der Waals surface area contributed by atoms with Crippen LogP contribution in [0.1, 0.15) is 10.4 Å². The van der Waals surface area contributed by atoms with Crippen LogP contribution in [0.3, 0.4) is 0 Å². The molecule has 0 unspecified atom stereocenters. The summed E-state index contributed by atoms with van der Waals surface area (Å²) in [5.41, 5.74) is 7.53. The van der Waals surface area contributed by atoms with Crippen LogP contribution < -0.4 is 15.8 Å². The quantitative estimate of drug-likeness (QED) is 0.706. The van der Waals surface area contributed by atoms with E-state index < -0.39 is 0 Å². The second kappa shape index (κ2) is 6.66. The van der Waals surface area contributed by atoms with Gasteiger partial charge in [-0.3, -0.25) is 4.79 Å². The molecule has 4 nitrogen and oxygen atoms in total. The number of hydrogen-bond donors (Lipinski definition) is 2. The van der Waals surface area contributed by atoms with Crippen LogP contribution >= 0.6 is 0 Å². The number of anilines is 2. The molecule has 0 fully saturated rings. The minimum atomic E-state index is -0.220. The van der Waals surface area contributed by atoms with Gasteiger partial charge in [-0.1, -0.05) is 30.3 Å². The lowest BCUT2D eigenvalue weighted by Gasteiger charge is -2.11. The van der Waals surface area contributed by atoms with Gasteiger partial charge in [-0.15, -0.1) is 0 Å². The zero-order valence-electron chi connectivity index (χ0n) is 12.4. The number of nitrogen functional groups attached to an aromatic ring is 1. The van der Waals surface area contributed by atoms with E-state index in [4.69, 9.17) is 10.5 Å². The zero-order chi connectivity index (χ0) is 16.1. The standard InChI is InChI=1S/C19H16N2O2/c20-14-10-12-16(13-11-14)23-18-9-5-4-8-17(18)19(22)21-15-6-2-1-3-7-15/h1-13H,20H2,(H,21,22). The Kier molecular flexibility index (Phi) is 4.25. The van der Waals surface area contributed by atoms with Crippen LogP contribution in [0.2, 0.25) is 0 Å². The number of para-hydroxylation sites is 2. The van der Waals surface area contributed by atoms with E-state index in [-0.39, 0.29) is 5.91 Å². The first-order valence-corrected chi connectivity index (χ1v) is 7.21. The lowest BCUT2D eigenvalue weighted by atomic mass is 10.1. The monoisotopic (exact) mass is 304 g/mol. The van der Waals surface area contributed by atoms with Crippen LogP contribution in [0.5, 0.6) is 11.5 Å². The number of carbonyl (C=O) groups is 1. The Morgan fingerprint density at radius 2 is 1.48 bits per heavy atom. The third-order valence-corrected chi connectivity index (χ3v) is 3.27. The maximum atomic E-state index is 12.5. The molecule has 0 saturated carbocycles. The molecule has 0 heterocycles. The van der Waals surface area contributed by atoms with Crippen LogP contribution in [-0.2, 0) is 0 Å². The number of rotatable bonds is 4. The van der Waals surface area contributed by atoms with Crippen molar-refractivity contribution in [3.8, 4) is 11.5 Å². The van der Waals surface area contributed by atoms with Crippen LogP contribution in [0.15, 0.2) is 78.9 Å². The molecule has 0 aromatic heterocycles. The number of amides is 1. The van der Waals surface area contributed by atoms with Crippen molar-refractivity contribution in [3.63, 3.8) is 0 Å². The van der Waals surface area contributed by atoms with Crippen molar-refractivity contribution in [1.29, 1.82) is 0 Å². The normalized spacial score (nSPS) is 10.1. The maximum absolute atomic E-state index is 12.5. The summed E-state index contributed by atoms with van der Waals surface area (Å²) in [5, 5.41) is 2.85. The van der Waals surface area contributed by atoms with E-state index >= 15 is 0 Å². The molecule has 23 heavy (non-hydrogen) atoms. The second-order valence-electron chi connectivity index (χ2n) is 4.99. The van der Waals surface area contributed by atoms with E-state index in [0.29, 0.717) is 22.7 Å². The Morgan fingerprint density at radius 3 is 2.22 bits per heavy atom. The lowest BCUT2D eigenvalue weighted by Crippen LogP contribution is -2.12. The highest BCUT2D eigenvalue weighted by Gasteiger charge is 2.13. The zero-order valence-corrected chi connectivity index (χ0v) is 12.4. The van der Waals surface area contributed by atoms with Gasteiger partial charge in [0.05, 0.1) is 5.56 Å². The highest BCUT2D eigenvalue weighted by molar-refractivity contribution is 6.06. The van der Waals surface area contributed by atoms with Crippen LogP contribution in [0.4, 0.5) is 11.4 Å². The summed E-state index contributed by atoms with van der Waals surface area (Å²) in [4.78, 5) is 12.5. The van der Waals surface area contributed by atoms with Gasteiger partial charge in [0.2, 0.25) is 0 Å². The van der Waals surface area contributed by atoms with Gasteiger partial charge in [0.25, 0.3) is 5.91 Å². The average Bonchev–Trinajstić information content (AvgIpc) is 2.58. The summed E-state index contributed by atoms with van der Waals surface area (Å²) in [6, 6.07) is 23.4. The summed E-state index contributed by atoms with van der Waals surface area (Å²) in [6.07, 6.45) is 0. The van der Waals surface area contributed by atoms with E-state index in [9.17, 15) is 4.79 Å². The molecule has 3 N–H and O–H groups in total. The van der Waals surface area contributed by atoms with Crippen molar-refractivity contribution >= 4 is 17.3 Å². The lowest BCUT2D eigenvalue weighted by molar-refractivity contribution is 0.102. The Morgan fingerprint density at radius 1 is 0.826 bits per heavy atom. The molecule has 0 spiro atoms. The third kappa shape index (κ3) is 3.68. The number of carbonyl (C=O) groups excluding carboxylic acids is 1. The third-order valence-electron chi connectivity index (χ3n) is 3.27. The van der Waals surface area contributed by atoms with Gasteiger partial charge in [-0.2, -0.15) is 0 Å². The van der Waals surface area contributed by atoms with E-state index in [1.165, 1.54) is 0 Å². The average molecular weight is 304 g/mol. The van der Waals surface area contributed by atoms with Crippen molar-refractivity contribution in [2.24, 2.45) is 0 Å². The van der Waals surface area contributed by atoms with Crippen molar-refractivity contribution in [1.82, 2.24) is 0 Å². The Balaban J connectivity index is 1.82. The van der Waals surface area contributed by atoms with Gasteiger partial charge < -0.3 is 15.8 Å². The number of nitrogens with two attached hydrogens (primary N) is 1. The molecule has 114 valence electrons. The Labute approximate surface area is 134 Å². The molecule has 0 radical (unpaired) electrons. The summed E-state index contributed by atoms with van der Waals surface area (Å²) >= 11 is 0. The van der Waals surface area contributed by atoms with E-state index in [1.807, 2.05) is 36.4 Å². The molecule has 0 aliphatic carbocycles. The molecule has 3 aromatic carbocycles. The van der Waals surface area contributed by atoms with Crippen LogP contribution in [0, 0.1) is 0 Å². The van der Waals surface area contributed by atoms with Gasteiger partial charge in [-0.25, -0.2) is 0 Å². The first-order valence-electron chi connectivity index (χ1n) is 7.21. The predicted molar refractivity (Wildman–Crippen MR) is 91.8 cm³/mol. The fourth-order valence-electron chi connectivity index (χ4n) is 2.13. The molecule has 4 heteroatoms. The minimum absolute atomic E-state index is 0.220. The highest BCUT2D eigenvalue weighted by Crippen LogP contribution is 2.26. The summed E-state index contributed by atoms with van der Waals surface area (Å²) < 4.78 is 5.81. The van der Waals surface area contributed by atoms with Crippen molar-refractivity contribution in [2.75, 3.05) is 11.1 Å². The summed E-state index contributed by atoms with van der Waals surface area (Å²) in [7, 11) is 0. The smallest absolute Gasteiger partial charge is 0.259 e. The fraction of sp³-hybridized carbons (Fsp3) is 0. The molecule has 3 aromatic rings. The molecular weight excluding hydrogens is 288 g/mol. The molecule has 3 rings (SSSR count). The van der Waals surface area contributed by atoms with Crippen LogP contribution in [0.25, 0.3) is 0 Å². The fourth-order valence-corrected chi connectivity index (χ4v) is 2.13. The number of hydrogen-bond acceptors (Lipinski definition) is 3. The van der Waals surface area contributed by atoms with Crippen molar-refractivity contribution in [3.05, 3.63) is 84.4 Å². The van der Waals surface area contributed by atoms with Crippen LogP contribution in [-0.4, -0.2) is 5.91 Å². The maximum Gasteiger partial charge on any atom is 0.259 e. The first kappa shape index (κ1) is 14.7. The number of benzene rings is 3. The van der Waals surface area contributed by atoms with Gasteiger partial charge >= 0.3 is 0 Å².